The van der Waals surface area contributed by atoms with E-state index in [4.69, 9.17) is 14.2 Å². The predicted octanol–water partition coefficient (Wildman–Crippen LogP) is 2.25. The molecule has 2 aromatic carbocycles. The van der Waals surface area contributed by atoms with Crippen LogP contribution in [0.4, 0.5) is 0 Å². The van der Waals surface area contributed by atoms with Crippen molar-refractivity contribution in [3.05, 3.63) is 59.7 Å². The number of Topliss-reactive ketones (excluding diaryl/α,β-unsaturated/α-hetero) is 1. The van der Waals surface area contributed by atoms with Gasteiger partial charge >= 0.3 is 5.97 Å². The molecule has 0 aliphatic carbocycles. The molecule has 1 N–H and O–H groups in total. The highest BCUT2D eigenvalue weighted by atomic mass is 16.5. The van der Waals surface area contributed by atoms with Crippen molar-refractivity contribution in [2.75, 3.05) is 20.8 Å². The summed E-state index contributed by atoms with van der Waals surface area (Å²) >= 11 is 0. The van der Waals surface area contributed by atoms with Crippen LogP contribution < -0.4 is 14.8 Å². The number of carbonyl (C=O) groups is 3. The fraction of sp³-hybridized carbons (Fsp3) is 0.250. The Labute approximate surface area is 157 Å². The number of methoxy groups -OCH3 is 2. The lowest BCUT2D eigenvalue weighted by Gasteiger charge is -2.13. The maximum absolute atomic E-state index is 12.3. The van der Waals surface area contributed by atoms with Crippen molar-refractivity contribution in [2.24, 2.45) is 0 Å². The summed E-state index contributed by atoms with van der Waals surface area (Å²) in [6.07, 6.45) is -0.978. The smallest absolute Gasteiger partial charge is 0.326 e. The minimum atomic E-state index is -0.978. The van der Waals surface area contributed by atoms with Gasteiger partial charge in [-0.25, -0.2) is 0 Å². The Morgan fingerprint density at radius 3 is 2.26 bits per heavy atom. The minimum absolute atomic E-state index is 0.301. The van der Waals surface area contributed by atoms with Crippen LogP contribution in [0.15, 0.2) is 48.5 Å². The highest BCUT2D eigenvalue weighted by Gasteiger charge is 2.20. The normalized spacial score (nSPS) is 11.2. The van der Waals surface area contributed by atoms with E-state index in [2.05, 4.69) is 5.32 Å². The monoisotopic (exact) mass is 371 g/mol. The van der Waals surface area contributed by atoms with E-state index in [0.29, 0.717) is 22.6 Å². The fourth-order valence-corrected chi connectivity index (χ4v) is 2.36. The second-order valence-electron chi connectivity index (χ2n) is 5.61. The van der Waals surface area contributed by atoms with Gasteiger partial charge in [0.25, 0.3) is 5.91 Å². The van der Waals surface area contributed by atoms with Gasteiger partial charge in [0.15, 0.2) is 6.10 Å². The number of amides is 1. The number of hydrogen-bond acceptors (Lipinski definition) is 6. The molecule has 7 heteroatoms. The largest absolute Gasteiger partial charge is 0.497 e. The molecule has 1 unspecified atom stereocenters. The maximum Gasteiger partial charge on any atom is 0.326 e. The Morgan fingerprint density at radius 1 is 0.963 bits per heavy atom. The van der Waals surface area contributed by atoms with Crippen molar-refractivity contribution >= 4 is 17.7 Å². The van der Waals surface area contributed by atoms with Gasteiger partial charge in [-0.3, -0.25) is 14.4 Å². The molecule has 0 fully saturated rings. The van der Waals surface area contributed by atoms with Crippen molar-refractivity contribution in [3.63, 3.8) is 0 Å². The molecule has 0 bridgehead atoms. The second kappa shape index (κ2) is 9.38. The molecule has 0 aromatic heterocycles. The maximum atomic E-state index is 12.3. The zero-order chi connectivity index (χ0) is 19.8. The molecule has 0 saturated carbocycles. The van der Waals surface area contributed by atoms with E-state index >= 15 is 0 Å². The number of nitrogens with one attached hydrogen (secondary N) is 1. The van der Waals surface area contributed by atoms with E-state index in [1.54, 1.807) is 48.5 Å². The highest BCUT2D eigenvalue weighted by molar-refractivity contribution is 6.01. The van der Waals surface area contributed by atoms with Gasteiger partial charge in [0.05, 0.1) is 19.8 Å². The van der Waals surface area contributed by atoms with Gasteiger partial charge in [0.1, 0.15) is 18.0 Å². The molecule has 7 nitrogen and oxygen atoms in total. The lowest BCUT2D eigenvalue weighted by Crippen LogP contribution is -2.34. The van der Waals surface area contributed by atoms with Gasteiger partial charge in [0.2, 0.25) is 5.78 Å². The van der Waals surface area contributed by atoms with E-state index in [-0.39, 0.29) is 12.3 Å². The molecule has 27 heavy (non-hydrogen) atoms. The molecule has 2 rings (SSSR count). The number of esters is 1. The molecule has 1 amide bonds. The number of para-hydroxylation sites is 1. The predicted molar refractivity (Wildman–Crippen MR) is 98.2 cm³/mol. The number of hydrogen-bond donors (Lipinski definition) is 1. The van der Waals surface area contributed by atoms with Gasteiger partial charge in [-0.05, 0) is 43.3 Å². The zero-order valence-corrected chi connectivity index (χ0v) is 15.4. The Kier molecular flexibility index (Phi) is 6.93. The van der Waals surface area contributed by atoms with Gasteiger partial charge in [-0.15, -0.1) is 0 Å². The number of carbonyl (C=O) groups excluding carboxylic acids is 3. The van der Waals surface area contributed by atoms with Gasteiger partial charge in [-0.2, -0.15) is 0 Å². The molecule has 0 saturated heterocycles. The molecule has 0 heterocycles. The number of rotatable bonds is 8. The third kappa shape index (κ3) is 5.31. The Bertz CT molecular complexity index is 815. The summed E-state index contributed by atoms with van der Waals surface area (Å²) in [6, 6.07) is 13.1. The van der Waals surface area contributed by atoms with Crippen LogP contribution in [-0.4, -0.2) is 44.5 Å². The highest BCUT2D eigenvalue weighted by Crippen LogP contribution is 2.17. The summed E-state index contributed by atoms with van der Waals surface area (Å²) in [5.74, 6) is -0.519. The summed E-state index contributed by atoms with van der Waals surface area (Å²) < 4.78 is 15.2. The van der Waals surface area contributed by atoms with E-state index in [0.717, 1.165) is 0 Å². The number of ether oxygens (including phenoxy) is 3. The minimum Gasteiger partial charge on any atom is -0.497 e. The van der Waals surface area contributed by atoms with Crippen LogP contribution in [0.3, 0.4) is 0 Å². The molecule has 0 aliphatic heterocycles. The van der Waals surface area contributed by atoms with E-state index in [1.807, 2.05) is 0 Å². The summed E-state index contributed by atoms with van der Waals surface area (Å²) in [4.78, 5) is 36.4. The van der Waals surface area contributed by atoms with Crippen molar-refractivity contribution < 1.29 is 28.6 Å². The van der Waals surface area contributed by atoms with Gasteiger partial charge in [-0.1, -0.05) is 12.1 Å². The van der Waals surface area contributed by atoms with Crippen molar-refractivity contribution in [1.29, 1.82) is 0 Å². The summed E-state index contributed by atoms with van der Waals surface area (Å²) in [5.41, 5.74) is 0.698. The average molecular weight is 371 g/mol. The molecule has 1 atom stereocenters. The Hall–Kier alpha value is -3.35. The first kappa shape index (κ1) is 20.0. The van der Waals surface area contributed by atoms with E-state index in [9.17, 15) is 14.4 Å². The number of ketones is 1. The topological polar surface area (TPSA) is 90.9 Å². The molecule has 2 aromatic rings. The van der Waals surface area contributed by atoms with Crippen LogP contribution in [0.5, 0.6) is 11.5 Å². The lowest BCUT2D eigenvalue weighted by atomic mass is 10.1. The van der Waals surface area contributed by atoms with Crippen molar-refractivity contribution in [3.8, 4) is 11.5 Å². The van der Waals surface area contributed by atoms with Crippen LogP contribution in [0.25, 0.3) is 0 Å². The van der Waals surface area contributed by atoms with E-state index in [1.165, 1.54) is 21.1 Å². The first-order valence-electron chi connectivity index (χ1n) is 8.25. The molecule has 142 valence electrons. The van der Waals surface area contributed by atoms with E-state index < -0.39 is 18.0 Å². The summed E-state index contributed by atoms with van der Waals surface area (Å²) in [5, 5.41) is 2.45. The zero-order valence-electron chi connectivity index (χ0n) is 15.4. The number of benzene rings is 2. The van der Waals surface area contributed by atoms with Gasteiger partial charge < -0.3 is 19.5 Å². The van der Waals surface area contributed by atoms with Gasteiger partial charge in [0, 0.05) is 5.56 Å². The molecular formula is C20H21NO6. The molecule has 0 spiro atoms. The quantitative estimate of drug-likeness (QED) is 0.565. The van der Waals surface area contributed by atoms with Crippen LogP contribution in [0.2, 0.25) is 0 Å². The Balaban J connectivity index is 1.88. The third-order valence-electron chi connectivity index (χ3n) is 3.80. The first-order chi connectivity index (χ1) is 13.0. The Morgan fingerprint density at radius 2 is 1.63 bits per heavy atom. The van der Waals surface area contributed by atoms with Crippen LogP contribution in [0, 0.1) is 0 Å². The van der Waals surface area contributed by atoms with Crippen molar-refractivity contribution in [2.45, 2.75) is 13.0 Å². The molecule has 0 aliphatic rings. The SMILES string of the molecule is COc1ccc(C(=O)C(C)OC(=O)CNC(=O)c2ccccc2OC)cc1. The third-order valence-corrected chi connectivity index (χ3v) is 3.80. The lowest BCUT2D eigenvalue weighted by molar-refractivity contribution is -0.145. The molecule has 0 radical (unpaired) electrons. The van der Waals surface area contributed by atoms with Crippen LogP contribution >= 0.6 is 0 Å². The fourth-order valence-electron chi connectivity index (χ4n) is 2.36. The first-order valence-corrected chi connectivity index (χ1v) is 8.25. The standard InChI is InChI=1S/C20H21NO6/c1-13(19(23)14-8-10-15(25-2)11-9-14)27-18(22)12-21-20(24)16-6-4-5-7-17(16)26-3/h4-11,13H,12H2,1-3H3,(H,21,24). The van der Waals surface area contributed by atoms with Crippen molar-refractivity contribution in [1.82, 2.24) is 5.32 Å². The average Bonchev–Trinajstić information content (AvgIpc) is 2.71. The second-order valence-corrected chi connectivity index (χ2v) is 5.61. The summed E-state index contributed by atoms with van der Waals surface area (Å²) in [7, 11) is 2.98. The summed E-state index contributed by atoms with van der Waals surface area (Å²) in [6.45, 7) is 1.11. The van der Waals surface area contributed by atoms with Crippen LogP contribution in [-0.2, 0) is 9.53 Å². The molecular weight excluding hydrogens is 350 g/mol. The van der Waals surface area contributed by atoms with Crippen LogP contribution in [0.1, 0.15) is 27.6 Å².